The van der Waals surface area contributed by atoms with Gasteiger partial charge in [-0.2, -0.15) is 0 Å². The van der Waals surface area contributed by atoms with E-state index in [-0.39, 0.29) is 5.97 Å². The van der Waals surface area contributed by atoms with E-state index in [1.54, 1.807) is 20.2 Å². The molecule has 1 rings (SSSR count). The van der Waals surface area contributed by atoms with Gasteiger partial charge in [0.25, 0.3) is 0 Å². The van der Waals surface area contributed by atoms with Gasteiger partial charge in [0.15, 0.2) is 5.16 Å². The minimum atomic E-state index is -0.728. The molecule has 0 saturated carbocycles. The highest BCUT2D eigenvalue weighted by atomic mass is 32.2. The Hall–Kier alpha value is -1.14. The van der Waals surface area contributed by atoms with E-state index in [1.165, 1.54) is 11.8 Å². The first-order chi connectivity index (χ1) is 8.51. The van der Waals surface area contributed by atoms with E-state index in [4.69, 9.17) is 4.74 Å². The van der Waals surface area contributed by atoms with E-state index in [9.17, 15) is 4.79 Å². The van der Waals surface area contributed by atoms with E-state index in [0.29, 0.717) is 17.5 Å². The second-order valence-electron chi connectivity index (χ2n) is 4.07. The molecule has 1 aromatic heterocycles. The van der Waals surface area contributed by atoms with Crippen LogP contribution in [0.25, 0.3) is 0 Å². The third-order valence-corrected chi connectivity index (χ3v) is 3.72. The Bertz CT molecular complexity index is 414. The fraction of sp³-hybridized carbons (Fsp3) is 0.583. The molecule has 0 aliphatic carbocycles. The zero-order chi connectivity index (χ0) is 13.6. The van der Waals surface area contributed by atoms with Gasteiger partial charge in [-0.05, 0) is 33.9 Å². The van der Waals surface area contributed by atoms with Crippen LogP contribution in [-0.4, -0.2) is 40.9 Å². The molecule has 18 heavy (non-hydrogen) atoms. The van der Waals surface area contributed by atoms with Crippen LogP contribution in [0.5, 0.6) is 0 Å². The van der Waals surface area contributed by atoms with E-state index >= 15 is 0 Å². The summed E-state index contributed by atoms with van der Waals surface area (Å²) in [6.45, 7) is 5.90. The van der Waals surface area contributed by atoms with Gasteiger partial charge in [0.05, 0.1) is 6.61 Å². The molecule has 1 N–H and O–H groups in total. The Morgan fingerprint density at radius 3 is 2.89 bits per heavy atom. The molecule has 5 nitrogen and oxygen atoms in total. The number of hydrogen-bond acceptors (Lipinski definition) is 6. The van der Waals surface area contributed by atoms with Gasteiger partial charge in [0.2, 0.25) is 0 Å². The Morgan fingerprint density at radius 1 is 1.61 bits per heavy atom. The molecular formula is C12H19N3O2S. The van der Waals surface area contributed by atoms with Crippen molar-refractivity contribution >= 4 is 17.7 Å². The molecule has 0 aliphatic rings. The normalized spacial score (nSPS) is 14.0. The fourth-order valence-corrected chi connectivity index (χ4v) is 2.25. The van der Waals surface area contributed by atoms with Gasteiger partial charge in [0.1, 0.15) is 5.54 Å². The minimum absolute atomic E-state index is 0.257. The number of ether oxygens (including phenoxy) is 1. The number of carbonyl (C=O) groups is 1. The second kappa shape index (κ2) is 6.70. The fourth-order valence-electron chi connectivity index (χ4n) is 1.23. The van der Waals surface area contributed by atoms with Gasteiger partial charge < -0.3 is 10.1 Å². The van der Waals surface area contributed by atoms with E-state index in [1.807, 2.05) is 19.9 Å². The summed E-state index contributed by atoms with van der Waals surface area (Å²) in [4.78, 5) is 20.3. The van der Waals surface area contributed by atoms with Crippen molar-refractivity contribution in [1.82, 2.24) is 15.3 Å². The lowest BCUT2D eigenvalue weighted by Crippen LogP contribution is -2.50. The van der Waals surface area contributed by atoms with Gasteiger partial charge in [-0.15, -0.1) is 0 Å². The second-order valence-corrected chi connectivity index (χ2v) is 5.01. The van der Waals surface area contributed by atoms with Crippen molar-refractivity contribution in [2.75, 3.05) is 19.4 Å². The summed E-state index contributed by atoms with van der Waals surface area (Å²) >= 11 is 1.43. The first-order valence-electron chi connectivity index (χ1n) is 5.80. The van der Waals surface area contributed by atoms with E-state index in [0.717, 1.165) is 5.69 Å². The molecule has 1 unspecified atom stereocenters. The predicted molar refractivity (Wildman–Crippen MR) is 71.6 cm³/mol. The van der Waals surface area contributed by atoms with E-state index in [2.05, 4.69) is 15.3 Å². The van der Waals surface area contributed by atoms with Gasteiger partial charge >= 0.3 is 5.97 Å². The number of likely N-dealkylation sites (N-methyl/N-ethyl adjacent to an activating group) is 1. The van der Waals surface area contributed by atoms with Crippen molar-refractivity contribution in [3.05, 3.63) is 18.0 Å². The summed E-state index contributed by atoms with van der Waals surface area (Å²) in [6.07, 6.45) is 1.71. The maximum Gasteiger partial charge on any atom is 0.326 e. The molecule has 1 heterocycles. The molecule has 0 aromatic carbocycles. The van der Waals surface area contributed by atoms with Crippen LogP contribution in [-0.2, 0) is 9.53 Å². The molecule has 1 aromatic rings. The molecule has 100 valence electrons. The largest absolute Gasteiger partial charge is 0.465 e. The monoisotopic (exact) mass is 269 g/mol. The third-order valence-electron chi connectivity index (χ3n) is 2.54. The van der Waals surface area contributed by atoms with Crippen LogP contribution in [0.3, 0.4) is 0 Å². The molecule has 0 saturated heterocycles. The zero-order valence-electron chi connectivity index (χ0n) is 11.2. The van der Waals surface area contributed by atoms with Crippen LogP contribution < -0.4 is 5.32 Å². The number of nitrogens with zero attached hydrogens (tertiary/aromatic N) is 2. The number of hydrogen-bond donors (Lipinski definition) is 1. The Kier molecular flexibility index (Phi) is 5.55. The lowest BCUT2D eigenvalue weighted by atomic mass is 10.1. The third kappa shape index (κ3) is 3.96. The highest BCUT2D eigenvalue weighted by Crippen LogP contribution is 2.20. The maximum atomic E-state index is 11.8. The lowest BCUT2D eigenvalue weighted by molar-refractivity contribution is -0.149. The molecule has 0 amide bonds. The average molecular weight is 269 g/mol. The molecule has 0 spiro atoms. The van der Waals surface area contributed by atoms with Gasteiger partial charge in [-0.25, -0.2) is 9.97 Å². The molecule has 6 heteroatoms. The molecule has 0 aliphatic heterocycles. The highest BCUT2D eigenvalue weighted by molar-refractivity contribution is 7.99. The first kappa shape index (κ1) is 14.9. The summed E-state index contributed by atoms with van der Waals surface area (Å²) in [5, 5.41) is 3.66. The topological polar surface area (TPSA) is 64.1 Å². The summed E-state index contributed by atoms with van der Waals surface area (Å²) in [7, 11) is 1.74. The van der Waals surface area contributed by atoms with Crippen molar-refractivity contribution in [1.29, 1.82) is 0 Å². The Labute approximate surface area is 112 Å². The van der Waals surface area contributed by atoms with Gasteiger partial charge in [-0.3, -0.25) is 4.79 Å². The minimum Gasteiger partial charge on any atom is -0.465 e. The van der Waals surface area contributed by atoms with Crippen LogP contribution >= 0.6 is 11.8 Å². The van der Waals surface area contributed by atoms with Crippen molar-refractivity contribution in [3.63, 3.8) is 0 Å². The molecule has 1 atom stereocenters. The van der Waals surface area contributed by atoms with Crippen LogP contribution in [0.4, 0.5) is 0 Å². The smallest absolute Gasteiger partial charge is 0.326 e. The lowest BCUT2D eigenvalue weighted by Gasteiger charge is -2.25. The summed E-state index contributed by atoms with van der Waals surface area (Å²) in [5.74, 6) is 0.263. The van der Waals surface area contributed by atoms with Crippen LogP contribution in [0.15, 0.2) is 17.4 Å². The number of thioether (sulfide) groups is 1. The SMILES string of the molecule is CCOC(=O)C(C)(CSc1nccc(C)n1)NC. The van der Waals surface area contributed by atoms with Crippen molar-refractivity contribution in [3.8, 4) is 0 Å². The average Bonchev–Trinajstić information content (AvgIpc) is 2.36. The summed E-state index contributed by atoms with van der Waals surface area (Å²) in [5.41, 5.74) is 0.183. The van der Waals surface area contributed by atoms with Crippen LogP contribution in [0, 0.1) is 6.92 Å². The first-order valence-corrected chi connectivity index (χ1v) is 6.79. The molecular weight excluding hydrogens is 250 g/mol. The Morgan fingerprint density at radius 2 is 2.33 bits per heavy atom. The van der Waals surface area contributed by atoms with Crippen LogP contribution in [0.1, 0.15) is 19.5 Å². The number of esters is 1. The predicted octanol–water partition coefficient (Wildman–Crippen LogP) is 1.42. The number of nitrogens with one attached hydrogen (secondary N) is 1. The van der Waals surface area contributed by atoms with Crippen molar-refractivity contribution < 1.29 is 9.53 Å². The standard InChI is InChI=1S/C12H19N3O2S/c1-5-17-10(16)12(3,13-4)8-18-11-14-7-6-9(2)15-11/h6-7,13H,5,8H2,1-4H3. The Balaban J connectivity index is 2.66. The summed E-state index contributed by atoms with van der Waals surface area (Å²) in [6, 6.07) is 1.84. The maximum absolute atomic E-state index is 11.8. The number of carbonyl (C=O) groups excluding carboxylic acids is 1. The summed E-state index contributed by atoms with van der Waals surface area (Å²) < 4.78 is 5.05. The van der Waals surface area contributed by atoms with Crippen molar-refractivity contribution in [2.45, 2.75) is 31.5 Å². The molecule has 0 radical (unpaired) electrons. The molecule has 0 bridgehead atoms. The van der Waals surface area contributed by atoms with Crippen LogP contribution in [0.2, 0.25) is 0 Å². The van der Waals surface area contributed by atoms with Gasteiger partial charge in [0, 0.05) is 17.6 Å². The van der Waals surface area contributed by atoms with Gasteiger partial charge in [-0.1, -0.05) is 11.8 Å². The molecule has 0 fully saturated rings. The zero-order valence-corrected chi connectivity index (χ0v) is 12.0. The number of aryl methyl sites for hydroxylation is 1. The number of rotatable bonds is 6. The quantitative estimate of drug-likeness (QED) is 0.479. The van der Waals surface area contributed by atoms with Crippen molar-refractivity contribution in [2.24, 2.45) is 0 Å². The highest BCUT2D eigenvalue weighted by Gasteiger charge is 2.33. The van der Waals surface area contributed by atoms with E-state index < -0.39 is 5.54 Å². The number of aromatic nitrogens is 2.